The van der Waals surface area contributed by atoms with E-state index in [-0.39, 0.29) is 17.2 Å². The molecule has 1 aromatic rings. The number of sulfonamides is 1. The van der Waals surface area contributed by atoms with Gasteiger partial charge in [0.1, 0.15) is 0 Å². The van der Waals surface area contributed by atoms with E-state index in [9.17, 15) is 23.6 Å². The van der Waals surface area contributed by atoms with Gasteiger partial charge in [0.05, 0.1) is 22.0 Å². The highest BCUT2D eigenvalue weighted by atomic mass is 32.2. The number of non-ortho nitro benzene ring substituents is 1. The fourth-order valence-corrected chi connectivity index (χ4v) is 4.39. The molecule has 1 aliphatic rings. The van der Waals surface area contributed by atoms with Crippen molar-refractivity contribution < 1.29 is 18.4 Å². The van der Waals surface area contributed by atoms with Gasteiger partial charge in [-0.2, -0.15) is 0 Å². The van der Waals surface area contributed by atoms with E-state index in [1.807, 2.05) is 0 Å². The number of benzene rings is 1. The van der Waals surface area contributed by atoms with Crippen LogP contribution in [0.15, 0.2) is 23.1 Å². The topological polar surface area (TPSA) is 110 Å². The van der Waals surface area contributed by atoms with Gasteiger partial charge in [-0.15, -0.1) is 0 Å². The van der Waals surface area contributed by atoms with Gasteiger partial charge < -0.3 is 5.11 Å². The summed E-state index contributed by atoms with van der Waals surface area (Å²) in [5.74, 6) is 0. The van der Waals surface area contributed by atoms with Gasteiger partial charge in [0, 0.05) is 12.1 Å². The first-order valence-corrected chi connectivity index (χ1v) is 8.18. The molecule has 0 unspecified atom stereocenters. The number of hydrogen-bond acceptors (Lipinski definition) is 5. The fraction of sp³-hybridized carbons (Fsp3) is 0.538. The monoisotopic (exact) mass is 314 g/mol. The van der Waals surface area contributed by atoms with Gasteiger partial charge in [-0.25, -0.2) is 13.1 Å². The third-order valence-corrected chi connectivity index (χ3v) is 5.61. The summed E-state index contributed by atoms with van der Waals surface area (Å²) < 4.78 is 27.5. The lowest BCUT2D eigenvalue weighted by Crippen LogP contribution is -2.49. The number of aryl methyl sites for hydroxylation is 1. The molecule has 2 rings (SSSR count). The Kier molecular flexibility index (Phi) is 4.31. The van der Waals surface area contributed by atoms with Crippen molar-refractivity contribution in [2.24, 2.45) is 0 Å². The van der Waals surface area contributed by atoms with Crippen molar-refractivity contribution >= 4 is 15.7 Å². The van der Waals surface area contributed by atoms with Crippen molar-refractivity contribution in [1.29, 1.82) is 0 Å². The predicted molar refractivity (Wildman–Crippen MR) is 76.4 cm³/mol. The number of rotatable bonds is 5. The smallest absolute Gasteiger partial charge is 0.270 e. The molecule has 0 aliphatic heterocycles. The zero-order chi connectivity index (χ0) is 15.7. The van der Waals surface area contributed by atoms with Crippen LogP contribution in [-0.2, 0) is 10.0 Å². The van der Waals surface area contributed by atoms with E-state index in [0.29, 0.717) is 18.4 Å². The lowest BCUT2D eigenvalue weighted by Gasteiger charge is -2.27. The van der Waals surface area contributed by atoms with E-state index in [1.165, 1.54) is 12.1 Å². The summed E-state index contributed by atoms with van der Waals surface area (Å²) in [6.07, 6.45) is 2.82. The average molecular weight is 314 g/mol. The van der Waals surface area contributed by atoms with Crippen LogP contribution in [0.3, 0.4) is 0 Å². The van der Waals surface area contributed by atoms with Gasteiger partial charge in [-0.3, -0.25) is 10.1 Å². The van der Waals surface area contributed by atoms with Gasteiger partial charge in [-0.1, -0.05) is 18.9 Å². The molecule has 1 aliphatic carbocycles. The normalized spacial score (nSPS) is 17.8. The summed E-state index contributed by atoms with van der Waals surface area (Å²) in [7, 11) is -3.92. The highest BCUT2D eigenvalue weighted by Gasteiger charge is 2.38. The predicted octanol–water partition coefficient (Wildman–Crippen LogP) is 1.49. The van der Waals surface area contributed by atoms with Gasteiger partial charge in [-0.05, 0) is 25.3 Å². The van der Waals surface area contributed by atoms with Crippen LogP contribution in [0.1, 0.15) is 31.2 Å². The number of nitrogens with one attached hydrogen (secondary N) is 1. The minimum atomic E-state index is -3.92. The van der Waals surface area contributed by atoms with Crippen LogP contribution in [0.25, 0.3) is 0 Å². The second-order valence-electron chi connectivity index (χ2n) is 5.46. The Labute approximate surface area is 123 Å². The lowest BCUT2D eigenvalue weighted by atomic mass is 10.0. The molecule has 0 saturated heterocycles. The molecule has 1 saturated carbocycles. The van der Waals surface area contributed by atoms with Crippen molar-refractivity contribution in [2.45, 2.75) is 43.0 Å². The van der Waals surface area contributed by atoms with Gasteiger partial charge in [0.2, 0.25) is 10.0 Å². The number of nitro benzene ring substituents is 1. The molecule has 7 nitrogen and oxygen atoms in total. The standard InChI is InChI=1S/C13H18N2O5S/c1-10-4-5-11(15(17)18)8-12(10)21(19,20)14-13(9-16)6-2-3-7-13/h4-5,8,14,16H,2-3,6-7,9H2,1H3. The molecule has 0 heterocycles. The SMILES string of the molecule is Cc1ccc([N+](=O)[O-])cc1S(=O)(=O)NC1(CO)CCCC1. The first-order valence-electron chi connectivity index (χ1n) is 6.70. The molecule has 21 heavy (non-hydrogen) atoms. The molecular weight excluding hydrogens is 296 g/mol. The minimum Gasteiger partial charge on any atom is -0.394 e. The molecule has 0 spiro atoms. The summed E-state index contributed by atoms with van der Waals surface area (Å²) in [4.78, 5) is 10.1. The third kappa shape index (κ3) is 3.22. The first kappa shape index (κ1) is 15.9. The summed E-state index contributed by atoms with van der Waals surface area (Å²) in [5, 5.41) is 20.3. The molecule has 116 valence electrons. The van der Waals surface area contributed by atoms with Crippen molar-refractivity contribution in [3.63, 3.8) is 0 Å². The van der Waals surface area contributed by atoms with Crippen molar-refractivity contribution in [1.82, 2.24) is 4.72 Å². The maximum Gasteiger partial charge on any atom is 0.270 e. The van der Waals surface area contributed by atoms with E-state index in [4.69, 9.17) is 0 Å². The van der Waals surface area contributed by atoms with E-state index in [1.54, 1.807) is 6.92 Å². The van der Waals surface area contributed by atoms with E-state index < -0.39 is 20.5 Å². The lowest BCUT2D eigenvalue weighted by molar-refractivity contribution is -0.385. The highest BCUT2D eigenvalue weighted by Crippen LogP contribution is 2.32. The second-order valence-corrected chi connectivity index (χ2v) is 7.11. The second kappa shape index (κ2) is 5.70. The summed E-state index contributed by atoms with van der Waals surface area (Å²) in [6, 6.07) is 3.73. The largest absolute Gasteiger partial charge is 0.394 e. The minimum absolute atomic E-state index is 0.114. The van der Waals surface area contributed by atoms with Gasteiger partial charge in [0.25, 0.3) is 5.69 Å². The number of aliphatic hydroxyl groups excluding tert-OH is 1. The average Bonchev–Trinajstić information content (AvgIpc) is 2.87. The molecule has 0 bridgehead atoms. The van der Waals surface area contributed by atoms with Gasteiger partial charge >= 0.3 is 0 Å². The van der Waals surface area contributed by atoms with Gasteiger partial charge in [0.15, 0.2) is 0 Å². The molecule has 1 aromatic carbocycles. The Morgan fingerprint density at radius 1 is 1.38 bits per heavy atom. The molecular formula is C13H18N2O5S. The van der Waals surface area contributed by atoms with Crippen LogP contribution in [0.2, 0.25) is 0 Å². The van der Waals surface area contributed by atoms with Crippen molar-refractivity contribution in [3.8, 4) is 0 Å². The molecule has 0 atom stereocenters. The van der Waals surface area contributed by atoms with Crippen LogP contribution in [0, 0.1) is 17.0 Å². The number of hydrogen-bond donors (Lipinski definition) is 2. The van der Waals surface area contributed by atoms with Crippen LogP contribution in [0.4, 0.5) is 5.69 Å². The fourth-order valence-electron chi connectivity index (χ4n) is 2.68. The summed E-state index contributed by atoms with van der Waals surface area (Å²) in [6.45, 7) is 1.30. The maximum absolute atomic E-state index is 12.5. The molecule has 2 N–H and O–H groups in total. The number of nitrogens with zero attached hydrogens (tertiary/aromatic N) is 1. The molecule has 0 aromatic heterocycles. The van der Waals surface area contributed by atoms with Crippen LogP contribution < -0.4 is 4.72 Å². The molecule has 0 radical (unpaired) electrons. The molecule has 8 heteroatoms. The van der Waals surface area contributed by atoms with Crippen LogP contribution >= 0.6 is 0 Å². The van der Waals surface area contributed by atoms with Crippen molar-refractivity contribution in [3.05, 3.63) is 33.9 Å². The van der Waals surface area contributed by atoms with E-state index >= 15 is 0 Å². The Balaban J connectivity index is 2.39. The van der Waals surface area contributed by atoms with E-state index in [0.717, 1.165) is 18.9 Å². The highest BCUT2D eigenvalue weighted by molar-refractivity contribution is 7.89. The Morgan fingerprint density at radius 3 is 2.52 bits per heavy atom. The first-order chi connectivity index (χ1) is 9.80. The third-order valence-electron chi connectivity index (χ3n) is 3.89. The number of nitro groups is 1. The van der Waals surface area contributed by atoms with Crippen molar-refractivity contribution in [2.75, 3.05) is 6.61 Å². The Bertz CT molecular complexity index is 651. The molecule has 0 amide bonds. The van der Waals surface area contributed by atoms with E-state index in [2.05, 4.69) is 4.72 Å². The zero-order valence-electron chi connectivity index (χ0n) is 11.7. The molecule has 1 fully saturated rings. The van der Waals surface area contributed by atoms with Crippen LogP contribution in [-0.4, -0.2) is 30.6 Å². The zero-order valence-corrected chi connectivity index (χ0v) is 12.5. The Morgan fingerprint density at radius 2 is 2.00 bits per heavy atom. The quantitative estimate of drug-likeness (QED) is 0.632. The van der Waals surface area contributed by atoms with Crippen LogP contribution in [0.5, 0.6) is 0 Å². The number of aliphatic hydroxyl groups is 1. The Hall–Kier alpha value is -1.51. The maximum atomic E-state index is 12.5. The summed E-state index contributed by atoms with van der Waals surface area (Å²) >= 11 is 0. The summed E-state index contributed by atoms with van der Waals surface area (Å²) in [5.41, 5.74) is -0.694.